The molecule has 4 nitrogen and oxygen atoms in total. The fourth-order valence-electron chi connectivity index (χ4n) is 2.33. The van der Waals surface area contributed by atoms with E-state index in [1.807, 2.05) is 36.4 Å². The predicted octanol–water partition coefficient (Wildman–Crippen LogP) is 4.18. The Morgan fingerprint density at radius 2 is 1.96 bits per heavy atom. The lowest BCUT2D eigenvalue weighted by Gasteiger charge is -2.26. The molecule has 7 heteroatoms. The summed E-state index contributed by atoms with van der Waals surface area (Å²) in [6.45, 7) is 0.841. The van der Waals surface area contributed by atoms with Crippen LogP contribution in [0.5, 0.6) is 11.5 Å². The SMILES string of the molecule is O=C(CSCc1ccc(Cl)c(Cl)c1)NC[C@H]1COc2ccccc2O1. The average molecular weight is 398 g/mol. The number of ether oxygens (including phenoxy) is 2. The Balaban J connectivity index is 1.38. The fourth-order valence-corrected chi connectivity index (χ4v) is 3.46. The zero-order valence-corrected chi connectivity index (χ0v) is 15.7. The van der Waals surface area contributed by atoms with E-state index in [9.17, 15) is 4.79 Å². The van der Waals surface area contributed by atoms with Gasteiger partial charge in [-0.2, -0.15) is 0 Å². The van der Waals surface area contributed by atoms with Crippen molar-refractivity contribution < 1.29 is 14.3 Å². The van der Waals surface area contributed by atoms with Crippen LogP contribution in [0.25, 0.3) is 0 Å². The number of carbonyl (C=O) groups is 1. The second-order valence-corrected chi connectivity index (χ2v) is 7.34. The van der Waals surface area contributed by atoms with Crippen LogP contribution in [0.15, 0.2) is 42.5 Å². The first-order valence-corrected chi connectivity index (χ1v) is 9.70. The number of fused-ring (bicyclic) bond motifs is 1. The van der Waals surface area contributed by atoms with Gasteiger partial charge in [-0.05, 0) is 29.8 Å². The van der Waals surface area contributed by atoms with Crippen LogP contribution in [0.1, 0.15) is 5.56 Å². The first-order chi connectivity index (χ1) is 12.1. The number of hydrogen-bond donors (Lipinski definition) is 1. The highest BCUT2D eigenvalue weighted by atomic mass is 35.5. The molecule has 0 spiro atoms. The second-order valence-electron chi connectivity index (χ2n) is 5.54. The number of amides is 1. The highest BCUT2D eigenvalue weighted by molar-refractivity contribution is 7.99. The zero-order chi connectivity index (χ0) is 17.6. The molecule has 1 amide bonds. The Bertz CT molecular complexity index is 757. The van der Waals surface area contributed by atoms with Gasteiger partial charge in [-0.15, -0.1) is 11.8 Å². The van der Waals surface area contributed by atoms with Crippen LogP contribution in [-0.4, -0.2) is 30.9 Å². The van der Waals surface area contributed by atoms with E-state index in [1.54, 1.807) is 6.07 Å². The summed E-state index contributed by atoms with van der Waals surface area (Å²) in [4.78, 5) is 12.0. The summed E-state index contributed by atoms with van der Waals surface area (Å²) in [5.41, 5.74) is 1.04. The van der Waals surface area contributed by atoms with E-state index in [-0.39, 0.29) is 12.0 Å². The van der Waals surface area contributed by atoms with Crippen molar-refractivity contribution in [3.05, 3.63) is 58.1 Å². The molecule has 2 aromatic carbocycles. The first-order valence-electron chi connectivity index (χ1n) is 7.78. The van der Waals surface area contributed by atoms with Gasteiger partial charge in [-0.1, -0.05) is 41.4 Å². The van der Waals surface area contributed by atoms with Gasteiger partial charge in [0.25, 0.3) is 0 Å². The predicted molar refractivity (Wildman–Crippen MR) is 102 cm³/mol. The van der Waals surface area contributed by atoms with Crippen molar-refractivity contribution in [3.63, 3.8) is 0 Å². The average Bonchev–Trinajstić information content (AvgIpc) is 2.63. The van der Waals surface area contributed by atoms with E-state index in [1.165, 1.54) is 11.8 Å². The van der Waals surface area contributed by atoms with Gasteiger partial charge in [0, 0.05) is 5.75 Å². The molecular formula is C18H17Cl2NO3S. The lowest BCUT2D eigenvalue weighted by Crippen LogP contribution is -2.41. The summed E-state index contributed by atoms with van der Waals surface area (Å²) in [5, 5.41) is 3.94. The number of hydrogen-bond acceptors (Lipinski definition) is 4. The molecule has 0 bridgehead atoms. The maximum Gasteiger partial charge on any atom is 0.230 e. The molecule has 2 aromatic rings. The minimum Gasteiger partial charge on any atom is -0.486 e. The van der Waals surface area contributed by atoms with Crippen LogP contribution in [0.2, 0.25) is 10.0 Å². The highest BCUT2D eigenvalue weighted by Gasteiger charge is 2.20. The van der Waals surface area contributed by atoms with E-state index < -0.39 is 0 Å². The van der Waals surface area contributed by atoms with Crippen molar-refractivity contribution >= 4 is 40.9 Å². The van der Waals surface area contributed by atoms with Crippen LogP contribution in [0.3, 0.4) is 0 Å². The van der Waals surface area contributed by atoms with Gasteiger partial charge in [0.2, 0.25) is 5.91 Å². The molecule has 0 saturated heterocycles. The van der Waals surface area contributed by atoms with E-state index in [0.29, 0.717) is 40.5 Å². The third kappa shape index (κ3) is 5.21. The monoisotopic (exact) mass is 397 g/mol. The lowest BCUT2D eigenvalue weighted by molar-refractivity contribution is -0.119. The summed E-state index contributed by atoms with van der Waals surface area (Å²) in [6.07, 6.45) is -0.182. The zero-order valence-electron chi connectivity index (χ0n) is 13.3. The third-order valence-corrected chi connectivity index (χ3v) is 5.32. The normalized spacial score (nSPS) is 15.7. The van der Waals surface area contributed by atoms with E-state index in [4.69, 9.17) is 32.7 Å². The second kappa shape index (κ2) is 8.70. The molecule has 0 aromatic heterocycles. The summed E-state index contributed by atoms with van der Waals surface area (Å²) >= 11 is 13.4. The maximum atomic E-state index is 12.0. The van der Waals surface area contributed by atoms with Crippen molar-refractivity contribution in [2.24, 2.45) is 0 Å². The van der Waals surface area contributed by atoms with Crippen LogP contribution in [-0.2, 0) is 10.5 Å². The highest BCUT2D eigenvalue weighted by Crippen LogP contribution is 2.30. The minimum absolute atomic E-state index is 0.0347. The molecule has 3 rings (SSSR count). The Morgan fingerprint density at radius 3 is 2.76 bits per heavy atom. The molecule has 0 unspecified atom stereocenters. The first kappa shape index (κ1) is 18.2. The van der Waals surface area contributed by atoms with Crippen molar-refractivity contribution in [3.8, 4) is 11.5 Å². The van der Waals surface area contributed by atoms with Gasteiger partial charge in [-0.3, -0.25) is 4.79 Å². The summed E-state index contributed by atoms with van der Waals surface area (Å²) in [7, 11) is 0. The van der Waals surface area contributed by atoms with Gasteiger partial charge in [0.05, 0.1) is 22.3 Å². The van der Waals surface area contributed by atoms with Crippen LogP contribution < -0.4 is 14.8 Å². The molecule has 1 heterocycles. The summed E-state index contributed by atoms with van der Waals surface area (Å²) in [6, 6.07) is 13.0. The maximum absolute atomic E-state index is 12.0. The Labute approximate surface area is 160 Å². The fraction of sp³-hybridized carbons (Fsp3) is 0.278. The van der Waals surface area contributed by atoms with Gasteiger partial charge < -0.3 is 14.8 Å². The number of nitrogens with one attached hydrogen (secondary N) is 1. The molecule has 1 aliphatic heterocycles. The number of para-hydroxylation sites is 2. The molecule has 0 radical (unpaired) electrons. The van der Waals surface area contributed by atoms with Crippen molar-refractivity contribution in [1.29, 1.82) is 0 Å². The van der Waals surface area contributed by atoms with Gasteiger partial charge in [0.1, 0.15) is 12.7 Å². The minimum atomic E-state index is -0.182. The van der Waals surface area contributed by atoms with Gasteiger partial charge in [-0.25, -0.2) is 0 Å². The van der Waals surface area contributed by atoms with E-state index in [0.717, 1.165) is 11.3 Å². The molecule has 1 atom stereocenters. The molecule has 1 N–H and O–H groups in total. The van der Waals surface area contributed by atoms with Crippen molar-refractivity contribution in [1.82, 2.24) is 5.32 Å². The molecule has 1 aliphatic rings. The smallest absolute Gasteiger partial charge is 0.230 e. The number of halogens is 2. The van der Waals surface area contributed by atoms with Crippen LogP contribution in [0.4, 0.5) is 0 Å². The molecule has 0 saturated carbocycles. The number of rotatable bonds is 6. The Hall–Kier alpha value is -1.56. The third-order valence-electron chi connectivity index (χ3n) is 3.58. The topological polar surface area (TPSA) is 47.6 Å². The number of benzene rings is 2. The van der Waals surface area contributed by atoms with Gasteiger partial charge in [0.15, 0.2) is 11.5 Å². The van der Waals surface area contributed by atoms with E-state index >= 15 is 0 Å². The van der Waals surface area contributed by atoms with Crippen LogP contribution >= 0.6 is 35.0 Å². The standard InChI is InChI=1S/C18H17Cl2NO3S/c19-14-6-5-12(7-15(14)20)10-25-11-18(22)21-8-13-9-23-16-3-1-2-4-17(16)24-13/h1-7,13H,8-11H2,(H,21,22)/t13-/m0/s1. The number of thioether (sulfide) groups is 1. The Morgan fingerprint density at radius 1 is 1.16 bits per heavy atom. The summed E-state index contributed by atoms with van der Waals surface area (Å²) in [5.74, 6) is 2.47. The van der Waals surface area contributed by atoms with Crippen molar-refractivity contribution in [2.75, 3.05) is 18.9 Å². The molecule has 0 aliphatic carbocycles. The molecule has 132 valence electrons. The Kier molecular flexibility index (Phi) is 6.34. The van der Waals surface area contributed by atoms with Crippen molar-refractivity contribution in [2.45, 2.75) is 11.9 Å². The van der Waals surface area contributed by atoms with E-state index in [2.05, 4.69) is 5.32 Å². The quantitative estimate of drug-likeness (QED) is 0.793. The van der Waals surface area contributed by atoms with Gasteiger partial charge >= 0.3 is 0 Å². The molecule has 0 fully saturated rings. The molecular weight excluding hydrogens is 381 g/mol. The molecule has 25 heavy (non-hydrogen) atoms. The lowest BCUT2D eigenvalue weighted by atomic mass is 10.2. The number of carbonyl (C=O) groups excluding carboxylic acids is 1. The summed E-state index contributed by atoms with van der Waals surface area (Å²) < 4.78 is 11.4. The van der Waals surface area contributed by atoms with Crippen LogP contribution in [0, 0.1) is 0 Å². The largest absolute Gasteiger partial charge is 0.486 e.